The van der Waals surface area contributed by atoms with E-state index in [-0.39, 0.29) is 11.8 Å². The van der Waals surface area contributed by atoms with Crippen molar-refractivity contribution in [2.45, 2.75) is 19.5 Å². The zero-order chi connectivity index (χ0) is 13.6. The zero-order valence-electron chi connectivity index (χ0n) is 10.8. The van der Waals surface area contributed by atoms with Gasteiger partial charge in [0.05, 0.1) is 24.9 Å². The quantitative estimate of drug-likeness (QED) is 0.609. The van der Waals surface area contributed by atoms with Crippen molar-refractivity contribution in [2.75, 3.05) is 32.3 Å². The van der Waals surface area contributed by atoms with Crippen LogP contribution in [0.5, 0.6) is 0 Å². The number of ether oxygens (including phenoxy) is 1. The van der Waals surface area contributed by atoms with Gasteiger partial charge in [0.25, 0.3) is 0 Å². The van der Waals surface area contributed by atoms with Crippen LogP contribution in [0, 0.1) is 0 Å². The van der Waals surface area contributed by atoms with E-state index in [0.29, 0.717) is 25.5 Å². The standard InChI is InChI=1S/C9H19N5O3S/c1-8(7-18(3,15)16)14-9(11-12-13-14)6-10-4-5-17-2/h8,10H,4-7H2,1-3H3. The van der Waals surface area contributed by atoms with E-state index >= 15 is 0 Å². The Morgan fingerprint density at radius 3 is 2.83 bits per heavy atom. The number of methoxy groups -OCH3 is 1. The maximum absolute atomic E-state index is 11.2. The first-order chi connectivity index (χ1) is 8.44. The molecular weight excluding hydrogens is 258 g/mol. The summed E-state index contributed by atoms with van der Waals surface area (Å²) in [6, 6.07) is -0.283. The third-order valence-electron chi connectivity index (χ3n) is 2.29. The van der Waals surface area contributed by atoms with Crippen molar-refractivity contribution in [3.8, 4) is 0 Å². The molecule has 0 aromatic carbocycles. The minimum atomic E-state index is -3.05. The molecule has 1 rings (SSSR count). The van der Waals surface area contributed by atoms with Gasteiger partial charge in [-0.25, -0.2) is 13.1 Å². The molecular formula is C9H19N5O3S. The van der Waals surface area contributed by atoms with Crippen LogP contribution in [-0.4, -0.2) is 60.9 Å². The number of nitrogens with one attached hydrogen (secondary N) is 1. The molecule has 104 valence electrons. The van der Waals surface area contributed by atoms with E-state index in [9.17, 15) is 8.42 Å². The van der Waals surface area contributed by atoms with Gasteiger partial charge < -0.3 is 10.1 Å². The molecule has 1 unspecified atom stereocenters. The molecule has 18 heavy (non-hydrogen) atoms. The molecule has 0 spiro atoms. The molecule has 1 aromatic heterocycles. The van der Waals surface area contributed by atoms with Gasteiger partial charge in [0.2, 0.25) is 0 Å². The van der Waals surface area contributed by atoms with Gasteiger partial charge in [0.1, 0.15) is 9.84 Å². The smallest absolute Gasteiger partial charge is 0.165 e. The summed E-state index contributed by atoms with van der Waals surface area (Å²) in [5, 5.41) is 14.4. The summed E-state index contributed by atoms with van der Waals surface area (Å²) in [6.07, 6.45) is 1.20. The predicted octanol–water partition coefficient (Wildman–Crippen LogP) is -0.985. The Hall–Kier alpha value is -1.06. The number of aromatic nitrogens is 4. The van der Waals surface area contributed by atoms with Crippen molar-refractivity contribution in [3.05, 3.63) is 5.82 Å². The van der Waals surface area contributed by atoms with Crippen LogP contribution >= 0.6 is 0 Å². The van der Waals surface area contributed by atoms with E-state index in [1.807, 2.05) is 0 Å². The Morgan fingerprint density at radius 1 is 1.50 bits per heavy atom. The topological polar surface area (TPSA) is 99.0 Å². The number of hydrogen-bond acceptors (Lipinski definition) is 7. The molecule has 0 saturated carbocycles. The molecule has 1 atom stereocenters. The second-order valence-electron chi connectivity index (χ2n) is 4.15. The molecule has 9 heteroatoms. The van der Waals surface area contributed by atoms with Crippen molar-refractivity contribution in [1.29, 1.82) is 0 Å². The lowest BCUT2D eigenvalue weighted by atomic mass is 10.4. The van der Waals surface area contributed by atoms with Gasteiger partial charge in [-0.2, -0.15) is 0 Å². The Bertz CT molecular complexity index is 459. The summed E-state index contributed by atoms with van der Waals surface area (Å²) in [6.45, 7) is 3.53. The zero-order valence-corrected chi connectivity index (χ0v) is 11.6. The molecule has 0 bridgehead atoms. The number of sulfone groups is 1. The molecule has 0 amide bonds. The largest absolute Gasteiger partial charge is 0.383 e. The Balaban J connectivity index is 2.58. The third-order valence-corrected chi connectivity index (χ3v) is 3.38. The van der Waals surface area contributed by atoms with Crippen LogP contribution in [0.2, 0.25) is 0 Å². The molecule has 1 aromatic rings. The van der Waals surface area contributed by atoms with Gasteiger partial charge >= 0.3 is 0 Å². The van der Waals surface area contributed by atoms with E-state index in [1.165, 1.54) is 10.9 Å². The van der Waals surface area contributed by atoms with Gasteiger partial charge in [-0.15, -0.1) is 5.10 Å². The molecule has 0 aliphatic heterocycles. The predicted molar refractivity (Wildman–Crippen MR) is 65.8 cm³/mol. The van der Waals surface area contributed by atoms with Gasteiger partial charge in [0.15, 0.2) is 5.82 Å². The van der Waals surface area contributed by atoms with E-state index in [0.717, 1.165) is 0 Å². The number of nitrogens with zero attached hydrogens (tertiary/aromatic N) is 4. The second kappa shape index (κ2) is 6.76. The van der Waals surface area contributed by atoms with Gasteiger partial charge in [-0.05, 0) is 17.4 Å². The summed E-state index contributed by atoms with van der Waals surface area (Å²) >= 11 is 0. The van der Waals surface area contributed by atoms with Crippen molar-refractivity contribution in [3.63, 3.8) is 0 Å². The van der Waals surface area contributed by atoms with E-state index in [1.54, 1.807) is 14.0 Å². The van der Waals surface area contributed by atoms with E-state index in [2.05, 4.69) is 20.8 Å². The van der Waals surface area contributed by atoms with Crippen LogP contribution in [0.15, 0.2) is 0 Å². The summed E-state index contributed by atoms with van der Waals surface area (Å²) in [5.74, 6) is 0.630. The lowest BCUT2D eigenvalue weighted by Crippen LogP contribution is -2.24. The SMILES string of the molecule is COCCNCc1nnnn1C(C)CS(C)(=O)=O. The highest BCUT2D eigenvalue weighted by atomic mass is 32.2. The lowest BCUT2D eigenvalue weighted by Gasteiger charge is -2.12. The first-order valence-electron chi connectivity index (χ1n) is 5.58. The molecule has 8 nitrogen and oxygen atoms in total. The van der Waals surface area contributed by atoms with Crippen molar-refractivity contribution in [1.82, 2.24) is 25.5 Å². The highest BCUT2D eigenvalue weighted by molar-refractivity contribution is 7.90. The normalized spacial score (nSPS) is 13.7. The molecule has 0 aliphatic carbocycles. The summed E-state index contributed by atoms with van der Waals surface area (Å²) in [7, 11) is -1.43. The van der Waals surface area contributed by atoms with E-state index in [4.69, 9.17) is 4.74 Å². The van der Waals surface area contributed by atoms with Crippen LogP contribution in [0.1, 0.15) is 18.8 Å². The monoisotopic (exact) mass is 277 g/mol. The van der Waals surface area contributed by atoms with Crippen molar-refractivity contribution < 1.29 is 13.2 Å². The average molecular weight is 277 g/mol. The highest BCUT2D eigenvalue weighted by Crippen LogP contribution is 2.08. The molecule has 1 heterocycles. The van der Waals surface area contributed by atoms with Crippen molar-refractivity contribution in [2.24, 2.45) is 0 Å². The fourth-order valence-electron chi connectivity index (χ4n) is 1.55. The minimum absolute atomic E-state index is 0.0170. The van der Waals surface area contributed by atoms with E-state index < -0.39 is 9.84 Å². The maximum atomic E-state index is 11.2. The Kier molecular flexibility index (Phi) is 5.63. The van der Waals surface area contributed by atoms with Crippen LogP contribution in [0.3, 0.4) is 0 Å². The van der Waals surface area contributed by atoms with Gasteiger partial charge in [0, 0.05) is 19.9 Å². The Morgan fingerprint density at radius 2 is 2.22 bits per heavy atom. The van der Waals surface area contributed by atoms with Crippen LogP contribution in [0.25, 0.3) is 0 Å². The fraction of sp³-hybridized carbons (Fsp3) is 0.889. The van der Waals surface area contributed by atoms with Gasteiger partial charge in [-0.1, -0.05) is 0 Å². The average Bonchev–Trinajstić information content (AvgIpc) is 2.70. The second-order valence-corrected chi connectivity index (χ2v) is 6.34. The number of rotatable bonds is 8. The van der Waals surface area contributed by atoms with Crippen LogP contribution in [-0.2, 0) is 21.1 Å². The summed E-state index contributed by atoms with van der Waals surface area (Å²) < 4.78 is 28.9. The minimum Gasteiger partial charge on any atom is -0.383 e. The molecule has 0 saturated heterocycles. The Labute approximate surface area is 107 Å². The number of hydrogen-bond donors (Lipinski definition) is 1. The molecule has 0 fully saturated rings. The molecule has 0 radical (unpaired) electrons. The third kappa shape index (κ3) is 5.07. The summed E-state index contributed by atoms with van der Waals surface area (Å²) in [4.78, 5) is 0. The molecule has 1 N–H and O–H groups in total. The summed E-state index contributed by atoms with van der Waals surface area (Å²) in [5.41, 5.74) is 0. The first kappa shape index (κ1) is 15.0. The lowest BCUT2D eigenvalue weighted by molar-refractivity contribution is 0.198. The van der Waals surface area contributed by atoms with Gasteiger partial charge in [-0.3, -0.25) is 0 Å². The number of tetrazole rings is 1. The maximum Gasteiger partial charge on any atom is 0.165 e. The van der Waals surface area contributed by atoms with Crippen LogP contribution < -0.4 is 5.32 Å². The fourth-order valence-corrected chi connectivity index (χ4v) is 2.57. The molecule has 0 aliphatic rings. The van der Waals surface area contributed by atoms with Crippen LogP contribution in [0.4, 0.5) is 0 Å². The highest BCUT2D eigenvalue weighted by Gasteiger charge is 2.17. The van der Waals surface area contributed by atoms with Crippen molar-refractivity contribution >= 4 is 9.84 Å². The first-order valence-corrected chi connectivity index (χ1v) is 7.64.